The van der Waals surface area contributed by atoms with E-state index in [-0.39, 0.29) is 5.75 Å². The second kappa shape index (κ2) is 10.4. The Kier molecular flexibility index (Phi) is 9.25. The highest BCUT2D eigenvalue weighted by molar-refractivity contribution is 7.85. The lowest BCUT2D eigenvalue weighted by molar-refractivity contribution is -0.702. The molecule has 0 fully saturated rings. The predicted octanol–water partition coefficient (Wildman–Crippen LogP) is 1.41. The summed E-state index contributed by atoms with van der Waals surface area (Å²) in [5.41, 5.74) is 0. The maximum Gasteiger partial charge on any atom is 0.500 e. The predicted molar refractivity (Wildman–Crippen MR) is 95.8 cm³/mol. The van der Waals surface area contributed by atoms with Gasteiger partial charge in [-0.25, -0.2) is 9.13 Å². The van der Waals surface area contributed by atoms with Crippen molar-refractivity contribution in [3.63, 3.8) is 0 Å². The summed E-state index contributed by atoms with van der Waals surface area (Å²) in [6, 6.07) is 0.784. The van der Waals surface area contributed by atoms with Gasteiger partial charge in [-0.2, -0.15) is 8.42 Å². The van der Waals surface area contributed by atoms with Crippen molar-refractivity contribution in [1.82, 2.24) is 4.57 Å². The molecule has 0 saturated heterocycles. The number of aromatic nitrogens is 2. The molecule has 0 radical (unpaired) electrons. The van der Waals surface area contributed by atoms with Crippen molar-refractivity contribution in [1.29, 1.82) is 0 Å². The summed E-state index contributed by atoms with van der Waals surface area (Å²) in [7, 11) is -1.47. The highest BCUT2D eigenvalue weighted by Gasteiger charge is 2.36. The molecule has 0 aliphatic heterocycles. The fourth-order valence-corrected chi connectivity index (χ4v) is 5.13. The van der Waals surface area contributed by atoms with Gasteiger partial charge in [0.1, 0.15) is 12.4 Å². The van der Waals surface area contributed by atoms with Gasteiger partial charge in [-0.05, 0) is 25.7 Å². The van der Waals surface area contributed by atoms with E-state index in [2.05, 4.69) is 9.13 Å². The van der Waals surface area contributed by atoms with Crippen LogP contribution in [0.25, 0.3) is 0 Å². The van der Waals surface area contributed by atoms with Crippen LogP contribution < -0.4 is 4.57 Å². The zero-order chi connectivity index (χ0) is 18.9. The maximum atomic E-state index is 10.7. The Morgan fingerprint density at radius 1 is 1.12 bits per heavy atom. The second-order valence-electron chi connectivity index (χ2n) is 5.98. The molecule has 0 aromatic carbocycles. The van der Waals surface area contributed by atoms with Crippen LogP contribution in [0.5, 0.6) is 0 Å². The quantitative estimate of drug-likeness (QED) is 0.235. The number of hydrogen-bond acceptors (Lipinski definition) is 5. The van der Waals surface area contributed by atoms with E-state index in [0.29, 0.717) is 12.8 Å². The SMILES string of the molecule is CO[Si](CCCC[n+]1ccn(CCCCS(=O)(=O)O)c1C)(OC)OC. The normalized spacial score (nSPS) is 12.7. The van der Waals surface area contributed by atoms with Crippen molar-refractivity contribution in [3.05, 3.63) is 18.2 Å². The minimum Gasteiger partial charge on any atom is -0.377 e. The van der Waals surface area contributed by atoms with E-state index in [4.69, 9.17) is 17.8 Å². The van der Waals surface area contributed by atoms with Gasteiger partial charge < -0.3 is 13.3 Å². The van der Waals surface area contributed by atoms with Crippen LogP contribution in [0.4, 0.5) is 0 Å². The fraction of sp³-hybridized carbons (Fsp3) is 0.800. The van der Waals surface area contributed by atoms with E-state index < -0.39 is 18.9 Å². The van der Waals surface area contributed by atoms with E-state index in [0.717, 1.165) is 37.8 Å². The number of imidazole rings is 1. The largest absolute Gasteiger partial charge is 0.500 e. The highest BCUT2D eigenvalue weighted by Crippen LogP contribution is 2.16. The number of rotatable bonds is 13. The van der Waals surface area contributed by atoms with Gasteiger partial charge in [0.05, 0.1) is 18.8 Å². The van der Waals surface area contributed by atoms with E-state index in [1.807, 2.05) is 19.3 Å². The Hall–Kier alpha value is -0.783. The zero-order valence-corrected chi connectivity index (χ0v) is 17.4. The van der Waals surface area contributed by atoms with Crippen molar-refractivity contribution in [2.75, 3.05) is 27.1 Å². The molecule has 1 aromatic heterocycles. The van der Waals surface area contributed by atoms with Crippen molar-refractivity contribution in [2.45, 2.75) is 51.7 Å². The summed E-state index contributed by atoms with van der Waals surface area (Å²) in [6.45, 7) is 3.67. The maximum absolute atomic E-state index is 10.7. The van der Waals surface area contributed by atoms with E-state index in [1.165, 1.54) is 0 Å². The van der Waals surface area contributed by atoms with Gasteiger partial charge in [-0.3, -0.25) is 4.55 Å². The molecule has 0 saturated carbocycles. The van der Waals surface area contributed by atoms with Gasteiger partial charge in [-0.15, -0.1) is 0 Å². The van der Waals surface area contributed by atoms with Crippen molar-refractivity contribution in [3.8, 4) is 0 Å². The molecule has 0 amide bonds. The molecule has 0 aliphatic rings. The van der Waals surface area contributed by atoms with Crippen LogP contribution in [0.3, 0.4) is 0 Å². The number of aryl methyl sites for hydroxylation is 2. The first-order valence-electron chi connectivity index (χ1n) is 8.42. The third-order valence-electron chi connectivity index (χ3n) is 4.37. The topological polar surface area (TPSA) is 90.9 Å². The van der Waals surface area contributed by atoms with E-state index >= 15 is 0 Å². The highest BCUT2D eigenvalue weighted by atomic mass is 32.2. The summed E-state index contributed by atoms with van der Waals surface area (Å²) < 4.78 is 50.7. The Bertz CT molecular complexity index is 607. The Balaban J connectivity index is 2.40. The molecular formula is C15H31N2O6SSi+. The van der Waals surface area contributed by atoms with Gasteiger partial charge in [0.25, 0.3) is 15.9 Å². The molecule has 25 heavy (non-hydrogen) atoms. The minimum absolute atomic E-state index is 0.183. The first-order valence-corrected chi connectivity index (χ1v) is 12.0. The Morgan fingerprint density at radius 2 is 1.76 bits per heavy atom. The number of hydrogen-bond donors (Lipinski definition) is 1. The molecule has 1 heterocycles. The summed E-state index contributed by atoms with van der Waals surface area (Å²) in [4.78, 5) is 0. The molecule has 146 valence electrons. The molecule has 0 spiro atoms. The first kappa shape index (κ1) is 22.3. The van der Waals surface area contributed by atoms with Crippen molar-refractivity contribution < 1.29 is 30.8 Å². The van der Waals surface area contributed by atoms with Crippen LogP contribution in [0.1, 0.15) is 31.5 Å². The molecular weight excluding hydrogens is 364 g/mol. The molecule has 10 heteroatoms. The van der Waals surface area contributed by atoms with E-state index in [9.17, 15) is 8.42 Å². The molecule has 0 atom stereocenters. The smallest absolute Gasteiger partial charge is 0.377 e. The summed E-state index contributed by atoms with van der Waals surface area (Å²) in [5.74, 6) is 0.942. The lowest BCUT2D eigenvalue weighted by atomic mass is 10.3. The standard InChI is InChI=1S/C15H30N2O6SSi/c1-15-16(9-5-7-13-24(18,19)20)11-12-17(15)10-6-8-14-25(21-2,22-3)23-4/h11-12H,5-10,13-14H2,1-4H3/p+1. The molecule has 0 aliphatic carbocycles. The van der Waals surface area contributed by atoms with Crippen LogP contribution in [0, 0.1) is 6.92 Å². The average Bonchev–Trinajstić information content (AvgIpc) is 2.92. The Morgan fingerprint density at radius 3 is 2.32 bits per heavy atom. The number of nitrogens with zero attached hydrogens (tertiary/aromatic N) is 2. The molecule has 1 aromatic rings. The monoisotopic (exact) mass is 395 g/mol. The van der Waals surface area contributed by atoms with Gasteiger partial charge in [-0.1, -0.05) is 0 Å². The molecule has 0 unspecified atom stereocenters. The van der Waals surface area contributed by atoms with Crippen molar-refractivity contribution >= 4 is 18.9 Å². The van der Waals surface area contributed by atoms with E-state index in [1.54, 1.807) is 21.3 Å². The van der Waals surface area contributed by atoms with Crippen molar-refractivity contribution in [2.24, 2.45) is 0 Å². The summed E-state index contributed by atoms with van der Waals surface area (Å²) in [6.07, 6.45) is 7.14. The summed E-state index contributed by atoms with van der Waals surface area (Å²) in [5, 5.41) is 0. The van der Waals surface area contributed by atoms with Crippen LogP contribution in [-0.2, 0) is 36.5 Å². The molecule has 8 nitrogen and oxygen atoms in total. The summed E-state index contributed by atoms with van der Waals surface area (Å²) >= 11 is 0. The van der Waals surface area contributed by atoms with Gasteiger partial charge in [0.15, 0.2) is 0 Å². The lowest BCUT2D eigenvalue weighted by Crippen LogP contribution is -2.43. The van der Waals surface area contributed by atoms with Crippen LogP contribution in [-0.4, -0.2) is 53.4 Å². The van der Waals surface area contributed by atoms with Gasteiger partial charge in [0, 0.05) is 34.3 Å². The van der Waals surface area contributed by atoms with Gasteiger partial charge in [0.2, 0.25) is 0 Å². The Labute approximate surface area is 151 Å². The average molecular weight is 396 g/mol. The van der Waals surface area contributed by atoms with Gasteiger partial charge >= 0.3 is 8.80 Å². The lowest BCUT2D eigenvalue weighted by Gasteiger charge is -2.24. The molecule has 1 rings (SSSR count). The van der Waals surface area contributed by atoms with Crippen LogP contribution in [0.2, 0.25) is 6.04 Å². The number of unbranched alkanes of at least 4 members (excludes halogenated alkanes) is 2. The molecule has 1 N–H and O–H groups in total. The van der Waals surface area contributed by atoms with Crippen LogP contribution in [0.15, 0.2) is 12.4 Å². The second-order valence-corrected chi connectivity index (χ2v) is 10.6. The third-order valence-corrected chi connectivity index (χ3v) is 8.01. The molecule has 0 bridgehead atoms. The third kappa shape index (κ3) is 7.55. The zero-order valence-electron chi connectivity index (χ0n) is 15.6. The van der Waals surface area contributed by atoms with Crippen LogP contribution >= 0.6 is 0 Å². The minimum atomic E-state index is -3.86. The fourth-order valence-electron chi connectivity index (χ4n) is 2.76. The first-order chi connectivity index (χ1) is 11.8.